The second kappa shape index (κ2) is 8.15. The van der Waals surface area contributed by atoms with E-state index < -0.39 is 30.1 Å². The lowest BCUT2D eigenvalue weighted by molar-refractivity contribution is -0.137. The lowest BCUT2D eigenvalue weighted by Crippen LogP contribution is -2.43. The van der Waals surface area contributed by atoms with Gasteiger partial charge in [-0.1, -0.05) is 6.07 Å². The summed E-state index contributed by atoms with van der Waals surface area (Å²) in [6.45, 7) is -0.721. The lowest BCUT2D eigenvalue weighted by atomic mass is 10.1. The van der Waals surface area contributed by atoms with Gasteiger partial charge in [-0.2, -0.15) is 0 Å². The topological polar surface area (TPSA) is 135 Å². The molecule has 10 heteroatoms. The summed E-state index contributed by atoms with van der Waals surface area (Å²) in [5, 5.41) is 18.9. The number of rotatable bonds is 5. The number of esters is 1. The molecule has 0 unspecified atom stereocenters. The van der Waals surface area contributed by atoms with Crippen LogP contribution in [0.2, 0.25) is 0 Å². The number of amides is 1. The zero-order valence-electron chi connectivity index (χ0n) is 15.5. The van der Waals surface area contributed by atoms with E-state index in [0.717, 1.165) is 22.6 Å². The fraction of sp³-hybridized carbons (Fsp3) is 0.263. The molecule has 3 rings (SSSR count). The van der Waals surface area contributed by atoms with Crippen molar-refractivity contribution >= 4 is 18.0 Å². The molecule has 0 spiro atoms. The Kier molecular flexibility index (Phi) is 5.64. The number of phenols is 1. The summed E-state index contributed by atoms with van der Waals surface area (Å²) in [5.41, 5.74) is 0.629. The molecule has 152 valence electrons. The summed E-state index contributed by atoms with van der Waals surface area (Å²) in [7, 11) is 1.16. The maximum Gasteiger partial charge on any atom is 0.338 e. The molecule has 2 aromatic rings. The predicted octanol–water partition coefficient (Wildman–Crippen LogP) is 0.926. The quantitative estimate of drug-likeness (QED) is 0.705. The molecule has 0 saturated carbocycles. The van der Waals surface area contributed by atoms with Gasteiger partial charge in [-0.15, -0.1) is 0 Å². The third-order valence-electron chi connectivity index (χ3n) is 4.43. The van der Waals surface area contributed by atoms with E-state index in [-0.39, 0.29) is 36.6 Å². The molecular formula is C19H18N2O8. The number of aromatic nitrogens is 1. The van der Waals surface area contributed by atoms with Crippen LogP contribution in [0.15, 0.2) is 35.1 Å². The smallest absolute Gasteiger partial charge is 0.338 e. The van der Waals surface area contributed by atoms with Gasteiger partial charge in [-0.05, 0) is 23.8 Å². The van der Waals surface area contributed by atoms with Crippen LogP contribution in [0.1, 0.15) is 27.2 Å². The number of ether oxygens (including phenoxy) is 2. The molecule has 1 aliphatic rings. The normalized spacial score (nSPS) is 12.3. The Labute approximate surface area is 164 Å². The molecule has 29 heavy (non-hydrogen) atoms. The number of carboxylic acid groups (broad SMARTS) is 1. The van der Waals surface area contributed by atoms with Gasteiger partial charge in [0, 0.05) is 18.2 Å². The number of phenolic OH excluding ortho intramolecular Hbond substituents is 1. The van der Waals surface area contributed by atoms with E-state index in [9.17, 15) is 29.4 Å². The van der Waals surface area contributed by atoms with Gasteiger partial charge in [-0.25, -0.2) is 14.2 Å². The van der Waals surface area contributed by atoms with Crippen molar-refractivity contribution in [3.63, 3.8) is 0 Å². The number of fused-ring (bicyclic) bond motifs is 1. The van der Waals surface area contributed by atoms with Crippen molar-refractivity contribution in [2.24, 2.45) is 0 Å². The minimum Gasteiger partial charge on any atom is -0.508 e. The van der Waals surface area contributed by atoms with E-state index in [1.807, 2.05) is 0 Å². The maximum atomic E-state index is 13.1. The molecule has 0 aliphatic carbocycles. The van der Waals surface area contributed by atoms with Crippen molar-refractivity contribution in [2.45, 2.75) is 19.8 Å². The van der Waals surface area contributed by atoms with Gasteiger partial charge in [0.25, 0.3) is 5.56 Å². The van der Waals surface area contributed by atoms with Crippen molar-refractivity contribution in [3.8, 4) is 5.75 Å². The molecule has 2 heterocycles. The number of carboxylic acids is 1. The van der Waals surface area contributed by atoms with Crippen molar-refractivity contribution in [1.82, 2.24) is 9.47 Å². The van der Waals surface area contributed by atoms with Crippen molar-refractivity contribution in [2.75, 3.05) is 13.7 Å². The Morgan fingerprint density at radius 2 is 1.97 bits per heavy atom. The van der Waals surface area contributed by atoms with Crippen LogP contribution in [0.25, 0.3) is 0 Å². The van der Waals surface area contributed by atoms with Crippen molar-refractivity contribution in [3.05, 3.63) is 63.1 Å². The van der Waals surface area contributed by atoms with E-state index in [1.165, 1.54) is 18.2 Å². The first-order valence-corrected chi connectivity index (χ1v) is 8.54. The third-order valence-corrected chi connectivity index (χ3v) is 4.43. The van der Waals surface area contributed by atoms with Crippen LogP contribution in [-0.2, 0) is 34.0 Å². The summed E-state index contributed by atoms with van der Waals surface area (Å²) >= 11 is 0. The fourth-order valence-corrected chi connectivity index (χ4v) is 3.08. The number of nitrogens with zero attached hydrogens (tertiary/aromatic N) is 2. The first-order chi connectivity index (χ1) is 13.8. The first kappa shape index (κ1) is 20.1. The largest absolute Gasteiger partial charge is 0.508 e. The van der Waals surface area contributed by atoms with Gasteiger partial charge in [0.15, 0.2) is 0 Å². The molecule has 2 N–H and O–H groups in total. The van der Waals surface area contributed by atoms with E-state index in [2.05, 4.69) is 4.74 Å². The molecule has 0 saturated heterocycles. The summed E-state index contributed by atoms with van der Waals surface area (Å²) < 4.78 is 10.8. The number of aliphatic carboxylic acids is 1. The Morgan fingerprint density at radius 3 is 2.66 bits per heavy atom. The molecule has 0 bridgehead atoms. The molecule has 0 fully saturated rings. The van der Waals surface area contributed by atoms with Gasteiger partial charge in [0.2, 0.25) is 0 Å². The number of carbonyl (C=O) groups excluding carboxylic acids is 2. The number of carbonyl (C=O) groups is 3. The molecule has 1 amide bonds. The van der Waals surface area contributed by atoms with Crippen LogP contribution in [0.4, 0.5) is 4.79 Å². The van der Waals surface area contributed by atoms with E-state index in [0.29, 0.717) is 11.3 Å². The predicted molar refractivity (Wildman–Crippen MR) is 97.5 cm³/mol. The monoisotopic (exact) mass is 402 g/mol. The zero-order chi connectivity index (χ0) is 21.1. The minimum atomic E-state index is -1.30. The number of benzene rings is 1. The molecule has 1 aromatic carbocycles. The molecule has 1 aromatic heterocycles. The minimum absolute atomic E-state index is 0.0235. The van der Waals surface area contributed by atoms with Gasteiger partial charge < -0.3 is 24.6 Å². The van der Waals surface area contributed by atoms with Gasteiger partial charge in [0.05, 0.1) is 31.6 Å². The second-order valence-electron chi connectivity index (χ2n) is 6.34. The third kappa shape index (κ3) is 4.11. The number of pyridine rings is 1. The standard InChI is InChI=1S/C19H18N2O8/c1-28-18(26)14-6-13(22)4-2-11(14)7-20(8-17(24)25)19(27)21-15-10-29-9-12(15)3-5-16(21)23/h2-6,22H,7-10H2,1H3,(H,24,25). The van der Waals surface area contributed by atoms with E-state index in [1.54, 1.807) is 6.07 Å². The Balaban J connectivity index is 2.02. The first-order valence-electron chi connectivity index (χ1n) is 8.54. The molecule has 0 radical (unpaired) electrons. The zero-order valence-corrected chi connectivity index (χ0v) is 15.5. The molecule has 0 atom stereocenters. The summed E-state index contributed by atoms with van der Waals surface area (Å²) in [6.07, 6.45) is 0. The van der Waals surface area contributed by atoms with Crippen LogP contribution < -0.4 is 5.56 Å². The fourth-order valence-electron chi connectivity index (χ4n) is 3.08. The summed E-state index contributed by atoms with van der Waals surface area (Å²) in [6, 6.07) is 5.75. The highest BCUT2D eigenvalue weighted by Crippen LogP contribution is 2.21. The van der Waals surface area contributed by atoms with Crippen LogP contribution in [0, 0.1) is 0 Å². The Bertz CT molecular complexity index is 1040. The van der Waals surface area contributed by atoms with Crippen LogP contribution in [-0.4, -0.2) is 51.3 Å². The summed E-state index contributed by atoms with van der Waals surface area (Å²) in [5.74, 6) is -2.25. The highest BCUT2D eigenvalue weighted by atomic mass is 16.5. The average molecular weight is 402 g/mol. The Morgan fingerprint density at radius 1 is 1.21 bits per heavy atom. The van der Waals surface area contributed by atoms with Crippen LogP contribution >= 0.6 is 0 Å². The number of aromatic hydroxyl groups is 1. The Hall–Kier alpha value is -3.66. The lowest BCUT2D eigenvalue weighted by Gasteiger charge is -2.23. The van der Waals surface area contributed by atoms with E-state index >= 15 is 0 Å². The SMILES string of the molecule is COC(=O)c1cc(O)ccc1CN(CC(=O)O)C(=O)n1c2c(ccc1=O)COC2. The molecule has 10 nitrogen and oxygen atoms in total. The number of hydrogen-bond donors (Lipinski definition) is 2. The van der Waals surface area contributed by atoms with Gasteiger partial charge >= 0.3 is 18.0 Å². The number of methoxy groups -OCH3 is 1. The summed E-state index contributed by atoms with van der Waals surface area (Å²) in [4.78, 5) is 49.7. The highest BCUT2D eigenvalue weighted by Gasteiger charge is 2.27. The molecular weight excluding hydrogens is 384 g/mol. The van der Waals surface area contributed by atoms with Crippen molar-refractivity contribution in [1.29, 1.82) is 0 Å². The second-order valence-corrected chi connectivity index (χ2v) is 6.34. The number of hydrogen-bond acceptors (Lipinski definition) is 7. The van der Waals surface area contributed by atoms with E-state index in [4.69, 9.17) is 4.74 Å². The van der Waals surface area contributed by atoms with Crippen LogP contribution in [0.3, 0.4) is 0 Å². The van der Waals surface area contributed by atoms with Gasteiger partial charge in [0.1, 0.15) is 12.3 Å². The van der Waals surface area contributed by atoms with Crippen molar-refractivity contribution < 1.29 is 34.1 Å². The highest BCUT2D eigenvalue weighted by molar-refractivity contribution is 5.92. The maximum absolute atomic E-state index is 13.1. The molecule has 1 aliphatic heterocycles. The van der Waals surface area contributed by atoms with Crippen LogP contribution in [0.5, 0.6) is 5.75 Å². The average Bonchev–Trinajstić information content (AvgIpc) is 3.15. The van der Waals surface area contributed by atoms with Gasteiger partial charge in [-0.3, -0.25) is 9.59 Å².